The maximum atomic E-state index is 10.5. The number of ether oxygens (including phenoxy) is 2. The summed E-state index contributed by atoms with van der Waals surface area (Å²) in [5.74, 6) is 2.27. The Labute approximate surface area is 141 Å². The minimum atomic E-state index is -0.701. The number of urea groups is 1. The zero-order chi connectivity index (χ0) is 17.2. The molecule has 126 valence electrons. The van der Waals surface area contributed by atoms with Crippen molar-refractivity contribution < 1.29 is 14.3 Å². The number of benzene rings is 2. The van der Waals surface area contributed by atoms with E-state index >= 15 is 0 Å². The lowest BCUT2D eigenvalue weighted by molar-refractivity contribution is 0.249. The predicted molar refractivity (Wildman–Crippen MR) is 93.7 cm³/mol. The van der Waals surface area contributed by atoms with E-state index in [1.807, 2.05) is 48.5 Å². The molecular weight excluding hydrogens is 306 g/mol. The molecule has 0 aliphatic heterocycles. The van der Waals surface area contributed by atoms with Crippen LogP contribution in [0.5, 0.6) is 17.2 Å². The van der Waals surface area contributed by atoms with E-state index in [9.17, 15) is 4.79 Å². The first-order valence-electron chi connectivity index (χ1n) is 7.76. The van der Waals surface area contributed by atoms with Gasteiger partial charge in [-0.15, -0.1) is 0 Å². The van der Waals surface area contributed by atoms with Gasteiger partial charge in [-0.1, -0.05) is 13.3 Å². The van der Waals surface area contributed by atoms with Gasteiger partial charge in [0, 0.05) is 0 Å². The molecule has 3 N–H and O–H groups in total. The maximum Gasteiger partial charge on any atom is 0.332 e. The average Bonchev–Trinajstić information content (AvgIpc) is 2.58. The Morgan fingerprint density at radius 2 is 1.67 bits per heavy atom. The van der Waals surface area contributed by atoms with E-state index in [2.05, 4.69) is 17.5 Å². The van der Waals surface area contributed by atoms with Crippen LogP contribution in [0.1, 0.15) is 25.3 Å². The molecule has 0 bridgehead atoms. The van der Waals surface area contributed by atoms with E-state index in [1.165, 1.54) is 6.21 Å². The van der Waals surface area contributed by atoms with Crippen molar-refractivity contribution in [2.75, 3.05) is 6.61 Å². The molecule has 0 aliphatic rings. The Bertz CT molecular complexity index is 667. The normalized spacial score (nSPS) is 10.5. The van der Waals surface area contributed by atoms with E-state index < -0.39 is 6.03 Å². The lowest BCUT2D eigenvalue weighted by Crippen LogP contribution is -2.24. The molecule has 0 spiro atoms. The third-order valence-electron chi connectivity index (χ3n) is 3.09. The second kappa shape index (κ2) is 9.19. The van der Waals surface area contributed by atoms with Gasteiger partial charge < -0.3 is 15.2 Å². The highest BCUT2D eigenvalue weighted by atomic mass is 16.5. The fourth-order valence-electron chi connectivity index (χ4n) is 1.87. The zero-order valence-electron chi connectivity index (χ0n) is 13.6. The zero-order valence-corrected chi connectivity index (χ0v) is 13.6. The molecule has 0 radical (unpaired) electrons. The van der Waals surface area contributed by atoms with Crippen LogP contribution in [0.25, 0.3) is 0 Å². The standard InChI is InChI=1S/C18H21N3O3/c1-2-3-12-23-15-8-10-17(11-9-15)24-16-6-4-14(5-7-16)13-20-21-18(19)22/h4-11,13H,2-3,12H2,1H3,(H3,19,21,22). The topological polar surface area (TPSA) is 85.9 Å². The molecule has 2 rings (SSSR count). The van der Waals surface area contributed by atoms with Crippen molar-refractivity contribution in [2.45, 2.75) is 19.8 Å². The minimum absolute atomic E-state index is 0.701. The van der Waals surface area contributed by atoms with Crippen LogP contribution in [0.4, 0.5) is 4.79 Å². The highest BCUT2D eigenvalue weighted by Gasteiger charge is 1.99. The van der Waals surface area contributed by atoms with Gasteiger partial charge in [0.2, 0.25) is 0 Å². The second-order valence-electron chi connectivity index (χ2n) is 5.08. The summed E-state index contributed by atoms with van der Waals surface area (Å²) in [7, 11) is 0. The largest absolute Gasteiger partial charge is 0.494 e. The maximum absolute atomic E-state index is 10.5. The molecule has 2 amide bonds. The number of carbonyl (C=O) groups is 1. The molecule has 6 heteroatoms. The van der Waals surface area contributed by atoms with Crippen LogP contribution in [0.2, 0.25) is 0 Å². The van der Waals surface area contributed by atoms with E-state index in [0.29, 0.717) is 5.75 Å². The van der Waals surface area contributed by atoms with Gasteiger partial charge in [-0.3, -0.25) is 0 Å². The van der Waals surface area contributed by atoms with Gasteiger partial charge in [-0.25, -0.2) is 10.2 Å². The van der Waals surface area contributed by atoms with Crippen LogP contribution in [0.15, 0.2) is 53.6 Å². The number of amides is 2. The van der Waals surface area contributed by atoms with Gasteiger partial charge in [0.05, 0.1) is 12.8 Å². The van der Waals surface area contributed by atoms with Gasteiger partial charge >= 0.3 is 6.03 Å². The van der Waals surface area contributed by atoms with Crippen molar-refractivity contribution in [1.29, 1.82) is 0 Å². The Kier molecular flexibility index (Phi) is 6.64. The summed E-state index contributed by atoms with van der Waals surface area (Å²) in [5.41, 5.74) is 7.87. The van der Waals surface area contributed by atoms with Gasteiger partial charge in [-0.2, -0.15) is 5.10 Å². The first-order chi connectivity index (χ1) is 11.7. The number of carbonyl (C=O) groups excluding carboxylic acids is 1. The van der Waals surface area contributed by atoms with E-state index in [4.69, 9.17) is 15.2 Å². The highest BCUT2D eigenvalue weighted by molar-refractivity contribution is 5.81. The molecule has 2 aromatic rings. The number of rotatable bonds is 8. The molecule has 0 saturated carbocycles. The Hall–Kier alpha value is -3.02. The fourth-order valence-corrected chi connectivity index (χ4v) is 1.87. The van der Waals surface area contributed by atoms with Crippen LogP contribution in [-0.2, 0) is 0 Å². The van der Waals surface area contributed by atoms with Crippen molar-refractivity contribution in [2.24, 2.45) is 10.8 Å². The molecule has 0 aliphatic carbocycles. The minimum Gasteiger partial charge on any atom is -0.494 e. The van der Waals surface area contributed by atoms with Crippen molar-refractivity contribution in [1.82, 2.24) is 5.43 Å². The van der Waals surface area contributed by atoms with Crippen LogP contribution >= 0.6 is 0 Å². The van der Waals surface area contributed by atoms with Crippen LogP contribution < -0.4 is 20.6 Å². The average molecular weight is 327 g/mol. The Morgan fingerprint density at radius 3 is 2.25 bits per heavy atom. The molecule has 24 heavy (non-hydrogen) atoms. The number of nitrogens with zero attached hydrogens (tertiary/aromatic N) is 1. The van der Waals surface area contributed by atoms with Crippen molar-refractivity contribution >= 4 is 12.2 Å². The molecule has 0 fully saturated rings. The number of unbranched alkanes of at least 4 members (excludes halogenated alkanes) is 1. The number of hydrazone groups is 1. The molecule has 0 aromatic heterocycles. The molecule has 0 saturated heterocycles. The second-order valence-corrected chi connectivity index (χ2v) is 5.08. The molecule has 6 nitrogen and oxygen atoms in total. The summed E-state index contributed by atoms with van der Waals surface area (Å²) in [5, 5.41) is 3.69. The number of primary amides is 1. The molecule has 2 aromatic carbocycles. The van der Waals surface area contributed by atoms with Crippen LogP contribution in [0, 0.1) is 0 Å². The van der Waals surface area contributed by atoms with Crippen LogP contribution in [0.3, 0.4) is 0 Å². The monoisotopic (exact) mass is 327 g/mol. The lowest BCUT2D eigenvalue weighted by atomic mass is 10.2. The highest BCUT2D eigenvalue weighted by Crippen LogP contribution is 2.24. The quantitative estimate of drug-likeness (QED) is 0.441. The van der Waals surface area contributed by atoms with E-state index in [1.54, 1.807) is 0 Å². The summed E-state index contributed by atoms with van der Waals surface area (Å²) in [6.07, 6.45) is 3.65. The van der Waals surface area contributed by atoms with Gasteiger partial charge in [0.1, 0.15) is 17.2 Å². The summed E-state index contributed by atoms with van der Waals surface area (Å²) in [6.45, 7) is 2.86. The van der Waals surface area contributed by atoms with Crippen LogP contribution in [-0.4, -0.2) is 18.9 Å². The van der Waals surface area contributed by atoms with Gasteiger partial charge in [-0.05, 0) is 60.5 Å². The SMILES string of the molecule is CCCCOc1ccc(Oc2ccc(C=NNC(N)=O)cc2)cc1. The Balaban J connectivity index is 1.89. The smallest absolute Gasteiger partial charge is 0.332 e. The summed E-state index contributed by atoms with van der Waals surface area (Å²) >= 11 is 0. The lowest BCUT2D eigenvalue weighted by Gasteiger charge is -2.08. The number of nitrogens with one attached hydrogen (secondary N) is 1. The van der Waals surface area contributed by atoms with Gasteiger partial charge in [0.25, 0.3) is 0 Å². The number of nitrogens with two attached hydrogens (primary N) is 1. The molecule has 0 heterocycles. The molecule has 0 unspecified atom stereocenters. The predicted octanol–water partition coefficient (Wildman–Crippen LogP) is 3.66. The van der Waals surface area contributed by atoms with E-state index in [-0.39, 0.29) is 0 Å². The van der Waals surface area contributed by atoms with Crippen molar-refractivity contribution in [3.63, 3.8) is 0 Å². The first-order valence-corrected chi connectivity index (χ1v) is 7.76. The van der Waals surface area contributed by atoms with Gasteiger partial charge in [0.15, 0.2) is 0 Å². The third-order valence-corrected chi connectivity index (χ3v) is 3.09. The number of hydrogen-bond acceptors (Lipinski definition) is 4. The summed E-state index contributed by atoms with van der Waals surface area (Å²) in [6, 6.07) is 14.1. The third kappa shape index (κ3) is 6.00. The molecular formula is C18H21N3O3. The van der Waals surface area contributed by atoms with Crippen molar-refractivity contribution in [3.8, 4) is 17.2 Å². The number of hydrogen-bond donors (Lipinski definition) is 2. The fraction of sp³-hybridized carbons (Fsp3) is 0.222. The summed E-state index contributed by atoms with van der Waals surface area (Å²) < 4.78 is 11.4. The van der Waals surface area contributed by atoms with Crippen molar-refractivity contribution in [3.05, 3.63) is 54.1 Å². The first kappa shape index (κ1) is 17.3. The van der Waals surface area contributed by atoms with E-state index in [0.717, 1.165) is 36.5 Å². The summed E-state index contributed by atoms with van der Waals surface area (Å²) in [4.78, 5) is 10.5. The molecule has 0 atom stereocenters. The Morgan fingerprint density at radius 1 is 1.08 bits per heavy atom.